The predicted octanol–water partition coefficient (Wildman–Crippen LogP) is 9.78. The third-order valence-corrected chi connectivity index (χ3v) is 8.09. The molecule has 0 aliphatic carbocycles. The number of hydrogen-bond donors (Lipinski definition) is 1. The number of aliphatic carboxylic acids is 1. The number of likely N-dealkylation sites (tertiary alicyclic amines) is 1. The number of rotatable bonds is 9. The van der Waals surface area contributed by atoms with Crippen LogP contribution in [0.15, 0.2) is 42.5 Å². The molecule has 4 atom stereocenters. The normalized spacial score (nSPS) is 20.5. The Hall–Kier alpha value is -2.76. The van der Waals surface area contributed by atoms with Crippen molar-refractivity contribution in [3.05, 3.63) is 70.3 Å². The maximum Gasteiger partial charge on any atom is 0.416 e. The van der Waals surface area contributed by atoms with E-state index in [0.29, 0.717) is 30.2 Å². The first-order valence-corrected chi connectivity index (χ1v) is 13.8. The highest BCUT2D eigenvalue weighted by molar-refractivity contribution is 5.70. The summed E-state index contributed by atoms with van der Waals surface area (Å²) in [6, 6.07) is 3.47. The van der Waals surface area contributed by atoms with E-state index in [9.17, 15) is 49.4 Å². The summed E-state index contributed by atoms with van der Waals surface area (Å²) in [6.45, 7) is 5.39. The number of nitrogens with zero attached hydrogens (tertiary/aromatic N) is 1. The first kappa shape index (κ1) is 33.7. The third-order valence-electron chi connectivity index (χ3n) is 8.09. The van der Waals surface area contributed by atoms with Gasteiger partial charge in [-0.2, -0.15) is 39.5 Å². The van der Waals surface area contributed by atoms with Gasteiger partial charge in [0.15, 0.2) is 0 Å². The van der Waals surface area contributed by atoms with Gasteiger partial charge < -0.3 is 5.11 Å². The number of carboxylic acid groups (broad SMARTS) is 1. The summed E-state index contributed by atoms with van der Waals surface area (Å²) in [7, 11) is 0. The van der Waals surface area contributed by atoms with E-state index in [1.54, 1.807) is 11.8 Å². The van der Waals surface area contributed by atoms with Gasteiger partial charge in [0.2, 0.25) is 0 Å². The van der Waals surface area contributed by atoms with E-state index in [-0.39, 0.29) is 38.1 Å². The highest BCUT2D eigenvalue weighted by Gasteiger charge is 2.43. The Labute approximate surface area is 238 Å². The van der Waals surface area contributed by atoms with Crippen LogP contribution in [0.4, 0.5) is 39.5 Å². The minimum Gasteiger partial charge on any atom is -0.481 e. The molecule has 12 heteroatoms. The molecule has 2 aromatic carbocycles. The molecule has 1 fully saturated rings. The lowest BCUT2D eigenvalue weighted by atomic mass is 9.76. The van der Waals surface area contributed by atoms with Gasteiger partial charge in [0, 0.05) is 12.1 Å². The lowest BCUT2D eigenvalue weighted by Gasteiger charge is -2.46. The van der Waals surface area contributed by atoms with Crippen molar-refractivity contribution in [2.24, 2.45) is 17.8 Å². The molecular formula is C30H34F9NO2. The zero-order valence-electron chi connectivity index (χ0n) is 23.4. The van der Waals surface area contributed by atoms with Crippen molar-refractivity contribution < 1.29 is 49.4 Å². The minimum absolute atomic E-state index is 0.00817. The van der Waals surface area contributed by atoms with E-state index in [1.807, 2.05) is 13.8 Å². The summed E-state index contributed by atoms with van der Waals surface area (Å²) in [5.41, 5.74) is -3.62. The number of carbonyl (C=O) groups is 1. The summed E-state index contributed by atoms with van der Waals surface area (Å²) in [4.78, 5) is 13.6. The molecule has 0 spiro atoms. The molecule has 0 amide bonds. The summed E-state index contributed by atoms with van der Waals surface area (Å²) >= 11 is 0. The van der Waals surface area contributed by atoms with Crippen LogP contribution >= 0.6 is 0 Å². The average molecular weight is 612 g/mol. The third kappa shape index (κ3) is 7.99. The lowest BCUT2D eigenvalue weighted by Crippen LogP contribution is -2.43. The van der Waals surface area contributed by atoms with Gasteiger partial charge in [-0.05, 0) is 91.9 Å². The number of alkyl halides is 9. The predicted molar refractivity (Wildman–Crippen MR) is 138 cm³/mol. The van der Waals surface area contributed by atoms with E-state index in [0.717, 1.165) is 12.1 Å². The van der Waals surface area contributed by atoms with Gasteiger partial charge in [0.05, 0.1) is 22.6 Å². The molecular weight excluding hydrogens is 577 g/mol. The van der Waals surface area contributed by atoms with Gasteiger partial charge >= 0.3 is 24.5 Å². The number of piperidine rings is 1. The second-order valence-electron chi connectivity index (χ2n) is 11.3. The molecule has 1 heterocycles. The summed E-state index contributed by atoms with van der Waals surface area (Å²) in [5, 5.41) is 9.77. The van der Waals surface area contributed by atoms with Gasteiger partial charge in [-0.25, -0.2) is 0 Å². The summed E-state index contributed by atoms with van der Waals surface area (Å²) in [6.07, 6.45) is -13.5. The Kier molecular flexibility index (Phi) is 10.3. The van der Waals surface area contributed by atoms with Crippen LogP contribution in [-0.2, 0) is 23.3 Å². The fourth-order valence-electron chi connectivity index (χ4n) is 5.94. The molecule has 1 saturated heterocycles. The minimum atomic E-state index is -4.96. The van der Waals surface area contributed by atoms with Crippen LogP contribution in [0.2, 0.25) is 0 Å². The maximum atomic E-state index is 14.2. The van der Waals surface area contributed by atoms with E-state index < -0.39 is 70.7 Å². The Morgan fingerprint density at radius 1 is 0.881 bits per heavy atom. The quantitative estimate of drug-likeness (QED) is 0.287. The first-order valence-electron chi connectivity index (χ1n) is 13.8. The van der Waals surface area contributed by atoms with Crippen LogP contribution in [0.3, 0.4) is 0 Å². The largest absolute Gasteiger partial charge is 0.481 e. The van der Waals surface area contributed by atoms with Crippen LogP contribution in [0.1, 0.15) is 92.8 Å². The fraction of sp³-hybridized carbons (Fsp3) is 0.567. The second-order valence-corrected chi connectivity index (χ2v) is 11.3. The van der Waals surface area contributed by atoms with Gasteiger partial charge in [-0.1, -0.05) is 32.9 Å². The number of halogens is 9. The molecule has 0 bridgehead atoms. The van der Waals surface area contributed by atoms with Gasteiger partial charge in [0.1, 0.15) is 0 Å². The second kappa shape index (κ2) is 12.9. The number of benzene rings is 2. The SMILES string of the molecule is CCC(C(=O)O)[C@@H]1CCN(C(CCC(C)C)c2cc(C(F)(F)F)ccc2C(F)(F)F)[C@H](c2ccc(C(F)(F)F)cc2)C1. The fourth-order valence-corrected chi connectivity index (χ4v) is 5.94. The van der Waals surface area contributed by atoms with Crippen LogP contribution in [0, 0.1) is 17.8 Å². The Balaban J connectivity index is 2.21. The van der Waals surface area contributed by atoms with Crippen molar-refractivity contribution in [1.29, 1.82) is 0 Å². The molecule has 2 aromatic rings. The molecule has 1 aliphatic heterocycles. The van der Waals surface area contributed by atoms with Crippen LogP contribution in [0.5, 0.6) is 0 Å². The smallest absolute Gasteiger partial charge is 0.416 e. The van der Waals surface area contributed by atoms with Crippen LogP contribution in [0.25, 0.3) is 0 Å². The Bertz CT molecular complexity index is 1200. The molecule has 1 N–H and O–H groups in total. The summed E-state index contributed by atoms with van der Waals surface area (Å²) < 4.78 is 124. The highest BCUT2D eigenvalue weighted by atomic mass is 19.4. The molecule has 1 aliphatic rings. The summed E-state index contributed by atoms with van der Waals surface area (Å²) in [5.74, 6) is -2.30. The monoisotopic (exact) mass is 611 g/mol. The van der Waals surface area contributed by atoms with Crippen molar-refractivity contribution in [2.45, 2.75) is 83.5 Å². The molecule has 3 nitrogen and oxygen atoms in total. The van der Waals surface area contributed by atoms with E-state index in [4.69, 9.17) is 0 Å². The van der Waals surface area contributed by atoms with Crippen molar-refractivity contribution in [2.75, 3.05) is 6.54 Å². The zero-order valence-corrected chi connectivity index (χ0v) is 23.4. The standard InChI is InChI=1S/C30H34F9NO2/c1-4-22(27(41)42)19-13-14-40(26(15-19)18-6-8-20(9-7-18)28(31,32)33)25(12-5-17(2)3)23-16-21(29(34,35)36)10-11-24(23)30(37,38)39/h6-11,16-17,19,22,25-26H,4-5,12-15H2,1-3H3,(H,41,42)/t19-,22?,25?,26+/m1/s1. The lowest BCUT2D eigenvalue weighted by molar-refractivity contribution is -0.145. The van der Waals surface area contributed by atoms with Gasteiger partial charge in [-0.15, -0.1) is 0 Å². The van der Waals surface area contributed by atoms with Crippen molar-refractivity contribution in [1.82, 2.24) is 4.90 Å². The molecule has 3 rings (SSSR count). The van der Waals surface area contributed by atoms with E-state index in [1.165, 1.54) is 12.1 Å². The van der Waals surface area contributed by atoms with Crippen molar-refractivity contribution in [3.8, 4) is 0 Å². The molecule has 0 saturated carbocycles. The highest BCUT2D eigenvalue weighted by Crippen LogP contribution is 2.48. The van der Waals surface area contributed by atoms with Crippen molar-refractivity contribution in [3.63, 3.8) is 0 Å². The average Bonchev–Trinajstić information content (AvgIpc) is 2.87. The number of hydrogen-bond acceptors (Lipinski definition) is 2. The van der Waals surface area contributed by atoms with E-state index in [2.05, 4.69) is 0 Å². The van der Waals surface area contributed by atoms with Crippen molar-refractivity contribution >= 4 is 5.97 Å². The van der Waals surface area contributed by atoms with Gasteiger partial charge in [-0.3, -0.25) is 9.69 Å². The topological polar surface area (TPSA) is 40.5 Å². The van der Waals surface area contributed by atoms with Gasteiger partial charge in [0.25, 0.3) is 0 Å². The molecule has 42 heavy (non-hydrogen) atoms. The molecule has 0 aromatic heterocycles. The van der Waals surface area contributed by atoms with Crippen LogP contribution < -0.4 is 0 Å². The molecule has 0 radical (unpaired) electrons. The Morgan fingerprint density at radius 3 is 1.93 bits per heavy atom. The maximum absolute atomic E-state index is 14.2. The first-order chi connectivity index (χ1) is 19.3. The Morgan fingerprint density at radius 2 is 1.45 bits per heavy atom. The molecule has 2 unspecified atom stereocenters. The zero-order chi connectivity index (χ0) is 31.6. The van der Waals surface area contributed by atoms with E-state index >= 15 is 0 Å². The van der Waals surface area contributed by atoms with Crippen LogP contribution in [-0.4, -0.2) is 22.5 Å². The molecule has 234 valence electrons. The number of carboxylic acids is 1.